The Hall–Kier alpha value is -1.84. The van der Waals surface area contributed by atoms with Gasteiger partial charge in [-0.1, -0.05) is 22.9 Å². The van der Waals surface area contributed by atoms with Crippen LogP contribution in [0.25, 0.3) is 0 Å². The van der Waals surface area contributed by atoms with Crippen LogP contribution in [0.3, 0.4) is 0 Å². The molecule has 1 aromatic heterocycles. The van der Waals surface area contributed by atoms with Crippen molar-refractivity contribution in [3.63, 3.8) is 0 Å². The van der Waals surface area contributed by atoms with Crippen LogP contribution in [0.15, 0.2) is 46.0 Å². The van der Waals surface area contributed by atoms with E-state index in [0.29, 0.717) is 5.69 Å². The Morgan fingerprint density at radius 1 is 1.21 bits per heavy atom. The van der Waals surface area contributed by atoms with Crippen molar-refractivity contribution < 1.29 is 17.7 Å². The molecule has 0 aliphatic rings. The number of sulfonamides is 1. The molecule has 0 atom stereocenters. The number of nitrogens with zero attached hydrogens (tertiary/aromatic N) is 1. The molecule has 2 aromatic rings. The molecule has 2 N–H and O–H groups in total. The molecule has 0 radical (unpaired) electrons. The summed E-state index contributed by atoms with van der Waals surface area (Å²) < 4.78 is 30.5. The molecule has 130 valence electrons. The molecule has 7 nitrogen and oxygen atoms in total. The highest BCUT2D eigenvalue weighted by Gasteiger charge is 2.13. The van der Waals surface area contributed by atoms with Gasteiger partial charge in [0.05, 0.1) is 11.4 Å². The Morgan fingerprint density at radius 2 is 1.96 bits per heavy atom. The van der Waals surface area contributed by atoms with Crippen molar-refractivity contribution in [2.45, 2.75) is 17.6 Å². The van der Waals surface area contributed by atoms with E-state index in [1.54, 1.807) is 0 Å². The SMILES string of the molecule is Cc1ccc(SCC(=O)NCCNS(=O)(=O)Cc2ccon2)cc1. The Kier molecular flexibility index (Phi) is 6.83. The van der Waals surface area contributed by atoms with E-state index in [0.717, 1.165) is 4.90 Å². The first-order valence-corrected chi connectivity index (χ1v) is 9.91. The lowest BCUT2D eigenvalue weighted by atomic mass is 10.2. The normalized spacial score (nSPS) is 11.4. The molecule has 0 aliphatic heterocycles. The van der Waals surface area contributed by atoms with Gasteiger partial charge in [-0.3, -0.25) is 4.79 Å². The van der Waals surface area contributed by atoms with Gasteiger partial charge in [0.2, 0.25) is 15.9 Å². The summed E-state index contributed by atoms with van der Waals surface area (Å²) in [5, 5.41) is 6.22. The summed E-state index contributed by atoms with van der Waals surface area (Å²) in [5.74, 6) is -0.105. The first-order valence-electron chi connectivity index (χ1n) is 7.27. The Balaban J connectivity index is 1.62. The van der Waals surface area contributed by atoms with Crippen molar-refractivity contribution in [1.82, 2.24) is 15.2 Å². The largest absolute Gasteiger partial charge is 0.364 e. The number of rotatable bonds is 9. The van der Waals surface area contributed by atoms with Gasteiger partial charge in [0.1, 0.15) is 12.0 Å². The number of hydrogen-bond donors (Lipinski definition) is 2. The van der Waals surface area contributed by atoms with E-state index in [-0.39, 0.29) is 30.5 Å². The van der Waals surface area contributed by atoms with E-state index in [2.05, 4.69) is 19.7 Å². The number of carbonyl (C=O) groups excluding carboxylic acids is 1. The molecule has 2 rings (SSSR count). The van der Waals surface area contributed by atoms with E-state index in [1.807, 2.05) is 31.2 Å². The van der Waals surface area contributed by atoms with Crippen molar-refractivity contribution in [2.75, 3.05) is 18.8 Å². The number of nitrogens with one attached hydrogen (secondary N) is 2. The first-order chi connectivity index (χ1) is 11.4. The van der Waals surface area contributed by atoms with Crippen molar-refractivity contribution in [2.24, 2.45) is 0 Å². The zero-order chi connectivity index (χ0) is 17.4. The lowest BCUT2D eigenvalue weighted by molar-refractivity contribution is -0.118. The van der Waals surface area contributed by atoms with Gasteiger partial charge >= 0.3 is 0 Å². The summed E-state index contributed by atoms with van der Waals surface area (Å²) >= 11 is 1.43. The predicted molar refractivity (Wildman–Crippen MR) is 92.0 cm³/mol. The average molecular weight is 369 g/mol. The van der Waals surface area contributed by atoms with E-state index >= 15 is 0 Å². The maximum Gasteiger partial charge on any atom is 0.230 e. The molecule has 0 fully saturated rings. The molecular weight excluding hydrogens is 350 g/mol. The number of hydrogen-bond acceptors (Lipinski definition) is 6. The summed E-state index contributed by atoms with van der Waals surface area (Å²) in [6.45, 7) is 2.36. The molecule has 0 bridgehead atoms. The number of aryl methyl sites for hydroxylation is 1. The smallest absolute Gasteiger partial charge is 0.230 e. The third-order valence-corrected chi connectivity index (χ3v) is 5.32. The van der Waals surface area contributed by atoms with E-state index in [1.165, 1.54) is 29.7 Å². The number of benzene rings is 1. The summed E-state index contributed by atoms with van der Waals surface area (Å²) in [7, 11) is -3.49. The minimum atomic E-state index is -3.49. The van der Waals surface area contributed by atoms with Crippen LogP contribution >= 0.6 is 11.8 Å². The van der Waals surface area contributed by atoms with Gasteiger partial charge in [-0.05, 0) is 19.1 Å². The van der Waals surface area contributed by atoms with E-state index in [4.69, 9.17) is 0 Å². The fourth-order valence-electron chi connectivity index (χ4n) is 1.80. The molecule has 0 unspecified atom stereocenters. The van der Waals surface area contributed by atoms with Gasteiger partial charge in [-0.15, -0.1) is 11.8 Å². The van der Waals surface area contributed by atoms with Crippen LogP contribution in [0.4, 0.5) is 0 Å². The summed E-state index contributed by atoms with van der Waals surface area (Å²) in [5.41, 5.74) is 1.50. The topological polar surface area (TPSA) is 101 Å². The molecule has 9 heteroatoms. The third-order valence-electron chi connectivity index (χ3n) is 2.99. The highest BCUT2D eigenvalue weighted by atomic mass is 32.2. The van der Waals surface area contributed by atoms with Crippen molar-refractivity contribution >= 4 is 27.7 Å². The lowest BCUT2D eigenvalue weighted by Crippen LogP contribution is -2.35. The van der Waals surface area contributed by atoms with E-state index < -0.39 is 10.0 Å². The summed E-state index contributed by atoms with van der Waals surface area (Å²) in [6, 6.07) is 9.40. The van der Waals surface area contributed by atoms with Crippen LogP contribution in [0, 0.1) is 6.92 Å². The van der Waals surface area contributed by atoms with Crippen molar-refractivity contribution in [3.8, 4) is 0 Å². The minimum absolute atomic E-state index is 0.126. The third kappa shape index (κ3) is 6.73. The van der Waals surface area contributed by atoms with Crippen LogP contribution in [-0.2, 0) is 20.6 Å². The van der Waals surface area contributed by atoms with Gasteiger partial charge in [0, 0.05) is 24.1 Å². The molecule has 1 aromatic carbocycles. The quantitative estimate of drug-likeness (QED) is 0.510. The molecule has 1 amide bonds. The molecule has 0 saturated heterocycles. The van der Waals surface area contributed by atoms with Gasteiger partial charge in [0.15, 0.2) is 0 Å². The monoisotopic (exact) mass is 369 g/mol. The van der Waals surface area contributed by atoms with Crippen LogP contribution in [0.5, 0.6) is 0 Å². The second-order valence-corrected chi connectivity index (χ2v) is 7.95. The van der Waals surface area contributed by atoms with Gasteiger partial charge < -0.3 is 9.84 Å². The second-order valence-electron chi connectivity index (χ2n) is 5.10. The molecule has 0 spiro atoms. The Morgan fingerprint density at radius 3 is 2.62 bits per heavy atom. The van der Waals surface area contributed by atoms with E-state index in [9.17, 15) is 13.2 Å². The highest BCUT2D eigenvalue weighted by Crippen LogP contribution is 2.17. The zero-order valence-electron chi connectivity index (χ0n) is 13.2. The van der Waals surface area contributed by atoms with Gasteiger partial charge in [0.25, 0.3) is 0 Å². The Bertz CT molecular complexity index is 744. The summed E-state index contributed by atoms with van der Waals surface area (Å²) in [4.78, 5) is 12.8. The lowest BCUT2D eigenvalue weighted by Gasteiger charge is -2.07. The molecule has 0 saturated carbocycles. The fourth-order valence-corrected chi connectivity index (χ4v) is 3.58. The maximum atomic E-state index is 11.8. The zero-order valence-corrected chi connectivity index (χ0v) is 14.8. The minimum Gasteiger partial charge on any atom is -0.364 e. The molecule has 24 heavy (non-hydrogen) atoms. The van der Waals surface area contributed by atoms with Crippen molar-refractivity contribution in [1.29, 1.82) is 0 Å². The van der Waals surface area contributed by atoms with Crippen LogP contribution < -0.4 is 10.0 Å². The predicted octanol–water partition coefficient (Wildman–Crippen LogP) is 1.31. The van der Waals surface area contributed by atoms with Crippen molar-refractivity contribution in [3.05, 3.63) is 47.9 Å². The molecular formula is C15H19N3O4S2. The highest BCUT2D eigenvalue weighted by molar-refractivity contribution is 8.00. The summed E-state index contributed by atoms with van der Waals surface area (Å²) in [6.07, 6.45) is 1.32. The van der Waals surface area contributed by atoms with Crippen LogP contribution in [-0.4, -0.2) is 38.3 Å². The second kappa shape index (κ2) is 8.86. The number of carbonyl (C=O) groups is 1. The Labute approximate surface area is 145 Å². The first kappa shape index (κ1) is 18.5. The number of thioether (sulfide) groups is 1. The number of aromatic nitrogens is 1. The fraction of sp³-hybridized carbons (Fsp3) is 0.333. The average Bonchev–Trinajstić information content (AvgIpc) is 3.03. The van der Waals surface area contributed by atoms with Gasteiger partial charge in [-0.25, -0.2) is 13.1 Å². The molecule has 1 heterocycles. The molecule has 0 aliphatic carbocycles. The number of amides is 1. The van der Waals surface area contributed by atoms with Gasteiger partial charge in [-0.2, -0.15) is 0 Å². The standard InChI is InChI=1S/C15H19N3O4S2/c1-12-2-4-14(5-3-12)23-10-15(19)16-7-8-17-24(20,21)11-13-6-9-22-18-13/h2-6,9,17H,7-8,10-11H2,1H3,(H,16,19). The van der Waals surface area contributed by atoms with Crippen LogP contribution in [0.2, 0.25) is 0 Å². The van der Waals surface area contributed by atoms with Crippen LogP contribution in [0.1, 0.15) is 11.3 Å². The maximum absolute atomic E-state index is 11.8.